The van der Waals surface area contributed by atoms with E-state index in [-0.39, 0.29) is 10.0 Å². The molecule has 0 fully saturated rings. The summed E-state index contributed by atoms with van der Waals surface area (Å²) >= 11 is 13.2. The third-order valence-corrected chi connectivity index (χ3v) is 2.84. The van der Waals surface area contributed by atoms with Crippen LogP contribution in [0.3, 0.4) is 0 Å². The Balaban J connectivity index is 3.13. The van der Waals surface area contributed by atoms with Crippen molar-refractivity contribution in [3.05, 3.63) is 33.6 Å². The lowest BCUT2D eigenvalue weighted by Gasteiger charge is -1.97. The van der Waals surface area contributed by atoms with Gasteiger partial charge < -0.3 is 0 Å². The van der Waals surface area contributed by atoms with E-state index >= 15 is 0 Å². The highest BCUT2D eigenvalue weighted by molar-refractivity contribution is 14.2. The maximum Gasteiger partial charge on any atom is 0.144 e. The minimum atomic E-state index is -0.545. The highest BCUT2D eigenvalue weighted by Gasteiger charge is 2.05. The smallest absolute Gasteiger partial charge is 0.144 e. The van der Waals surface area contributed by atoms with Crippen molar-refractivity contribution >= 4 is 53.3 Å². The van der Waals surface area contributed by atoms with Crippen LogP contribution in [0.15, 0.2) is 12.1 Å². The minimum absolute atomic E-state index is 0.0608. The number of hydrogen-bond donors (Lipinski definition) is 0. The maximum absolute atomic E-state index is 13.0. The Morgan fingerprint density at radius 1 is 1.38 bits per heavy atom. The molecule has 0 nitrogen and oxygen atoms in total. The highest BCUT2D eigenvalue weighted by Crippen LogP contribution is 2.26. The molecule has 0 amide bonds. The summed E-state index contributed by atoms with van der Waals surface area (Å²) in [5, 5.41) is 2.85. The molecular weight excluding hydrogens is 345 g/mol. The van der Waals surface area contributed by atoms with Gasteiger partial charge in [-0.15, -0.1) is 0 Å². The zero-order chi connectivity index (χ0) is 9.84. The predicted molar refractivity (Wildman–Crippen MR) is 64.9 cm³/mol. The molecule has 0 atom stereocenters. The summed E-state index contributed by atoms with van der Waals surface area (Å²) in [4.78, 5) is 0. The second-order valence-electron chi connectivity index (χ2n) is 2.06. The van der Waals surface area contributed by atoms with Gasteiger partial charge in [-0.25, -0.2) is 4.39 Å². The minimum Gasteiger partial charge on any atom is -0.205 e. The molecule has 1 aromatic carbocycles. The Kier molecular flexibility index (Phi) is 4.67. The molecule has 13 heavy (non-hydrogen) atoms. The average molecular weight is 347 g/mol. The molecule has 0 saturated carbocycles. The summed E-state index contributed by atoms with van der Waals surface area (Å²) in [5.74, 6) is 2.18. The van der Waals surface area contributed by atoms with Gasteiger partial charge in [-0.2, -0.15) is 0 Å². The molecule has 0 radical (unpaired) electrons. The van der Waals surface area contributed by atoms with E-state index in [1.165, 1.54) is 21.1 Å². The van der Waals surface area contributed by atoms with Crippen LogP contribution in [0.1, 0.15) is 5.56 Å². The highest BCUT2D eigenvalue weighted by atomic mass is 127. The Morgan fingerprint density at radius 3 is 2.62 bits per heavy atom. The maximum atomic E-state index is 13.0. The molecule has 1 rings (SSSR count). The lowest BCUT2D eigenvalue weighted by Crippen LogP contribution is -1.81. The summed E-state index contributed by atoms with van der Waals surface area (Å²) in [6.45, 7) is 0. The first-order valence-corrected chi connectivity index (χ1v) is 7.20. The van der Waals surface area contributed by atoms with Crippen LogP contribution >= 0.6 is 53.3 Å². The number of halogens is 4. The first-order valence-electron chi connectivity index (χ1n) is 3.08. The fourth-order valence-corrected chi connectivity index (χ4v) is 1.51. The molecule has 0 N–H and O–H groups in total. The van der Waals surface area contributed by atoms with Crippen molar-refractivity contribution in [2.75, 3.05) is 0 Å². The Morgan fingerprint density at radius 2 is 2.08 bits per heavy atom. The first kappa shape index (κ1) is 11.4. The number of benzene rings is 1. The molecule has 1 aromatic rings. The van der Waals surface area contributed by atoms with Crippen molar-refractivity contribution < 1.29 is 4.39 Å². The SMILES string of the molecule is Fc1cc(C#CSI)cc(Cl)c1Cl. The average Bonchev–Trinajstić information content (AvgIpc) is 2.10. The van der Waals surface area contributed by atoms with Gasteiger partial charge >= 0.3 is 0 Å². The van der Waals surface area contributed by atoms with Crippen molar-refractivity contribution in [3.63, 3.8) is 0 Å². The van der Waals surface area contributed by atoms with Crippen LogP contribution in [0.2, 0.25) is 10.0 Å². The molecule has 5 heteroatoms. The number of rotatable bonds is 0. The first-order chi connectivity index (χ1) is 6.15. The lowest BCUT2D eigenvalue weighted by molar-refractivity contribution is 0.628. The van der Waals surface area contributed by atoms with Crippen molar-refractivity contribution in [1.82, 2.24) is 0 Å². The summed E-state index contributed by atoms with van der Waals surface area (Å²) in [6, 6.07) is 2.79. The third-order valence-electron chi connectivity index (χ3n) is 1.22. The van der Waals surface area contributed by atoms with Crippen molar-refractivity contribution in [3.8, 4) is 11.2 Å². The molecule has 68 valence electrons. The van der Waals surface area contributed by atoms with Crippen molar-refractivity contribution in [1.29, 1.82) is 0 Å². The molecule has 0 aliphatic rings. The van der Waals surface area contributed by atoms with Crippen molar-refractivity contribution in [2.24, 2.45) is 0 Å². The van der Waals surface area contributed by atoms with E-state index in [1.54, 1.807) is 0 Å². The molecule has 0 unspecified atom stereocenters. The van der Waals surface area contributed by atoms with E-state index in [2.05, 4.69) is 11.2 Å². The van der Waals surface area contributed by atoms with Gasteiger partial charge in [0, 0.05) is 26.8 Å². The van der Waals surface area contributed by atoms with E-state index in [9.17, 15) is 4.39 Å². The van der Waals surface area contributed by atoms with Crippen LogP contribution in [0.25, 0.3) is 0 Å². The monoisotopic (exact) mass is 346 g/mol. The van der Waals surface area contributed by atoms with E-state index < -0.39 is 5.82 Å². The fourth-order valence-electron chi connectivity index (χ4n) is 0.706. The van der Waals surface area contributed by atoms with Crippen LogP contribution < -0.4 is 0 Å². The molecule has 0 aliphatic heterocycles. The van der Waals surface area contributed by atoms with Gasteiger partial charge in [0.05, 0.1) is 10.0 Å². The molecule has 0 heterocycles. The van der Waals surface area contributed by atoms with Crippen LogP contribution in [-0.4, -0.2) is 0 Å². The molecule has 0 aliphatic carbocycles. The van der Waals surface area contributed by atoms with Crippen LogP contribution in [-0.2, 0) is 0 Å². The molecule has 0 aromatic heterocycles. The van der Waals surface area contributed by atoms with E-state index in [0.29, 0.717) is 5.56 Å². The molecular formula is C8H2Cl2FIS. The summed E-state index contributed by atoms with van der Waals surface area (Å²) in [5.41, 5.74) is 0.524. The molecule has 0 spiro atoms. The van der Waals surface area contributed by atoms with Crippen molar-refractivity contribution in [2.45, 2.75) is 0 Å². The Labute approximate surface area is 102 Å². The van der Waals surface area contributed by atoms with Gasteiger partial charge in [-0.3, -0.25) is 0 Å². The van der Waals surface area contributed by atoms with E-state index in [1.807, 2.05) is 21.2 Å². The van der Waals surface area contributed by atoms with Gasteiger partial charge in [0.1, 0.15) is 5.82 Å². The van der Waals surface area contributed by atoms with Crippen LogP contribution in [0.4, 0.5) is 4.39 Å². The standard InChI is InChI=1S/C8H2Cl2FIS/c9-6-3-5(1-2-13-12)4-7(11)8(6)10/h3-4H. The Hall–Kier alpha value is 0.370. The summed E-state index contributed by atoms with van der Waals surface area (Å²) in [6.07, 6.45) is 0. The third kappa shape index (κ3) is 3.21. The van der Waals surface area contributed by atoms with Crippen LogP contribution in [0, 0.1) is 17.0 Å². The van der Waals surface area contributed by atoms with Gasteiger partial charge in [0.25, 0.3) is 0 Å². The second kappa shape index (κ2) is 5.30. The van der Waals surface area contributed by atoms with Crippen LogP contribution in [0.5, 0.6) is 0 Å². The van der Waals surface area contributed by atoms with E-state index in [0.717, 1.165) is 0 Å². The van der Waals surface area contributed by atoms with Gasteiger partial charge in [0.15, 0.2) is 0 Å². The lowest BCUT2D eigenvalue weighted by atomic mass is 10.2. The molecule has 0 saturated heterocycles. The fraction of sp³-hybridized carbons (Fsp3) is 0. The second-order valence-corrected chi connectivity index (χ2v) is 4.52. The normalized spacial score (nSPS) is 9.23. The zero-order valence-electron chi connectivity index (χ0n) is 6.07. The van der Waals surface area contributed by atoms with E-state index in [4.69, 9.17) is 23.2 Å². The molecule has 0 bridgehead atoms. The van der Waals surface area contributed by atoms with Gasteiger partial charge in [0.2, 0.25) is 0 Å². The predicted octanol–water partition coefficient (Wildman–Crippen LogP) is 4.52. The zero-order valence-corrected chi connectivity index (χ0v) is 10.6. The quantitative estimate of drug-likeness (QED) is 0.378. The Bertz CT molecular complexity index is 360. The summed E-state index contributed by atoms with van der Waals surface area (Å²) < 4.78 is 13.0. The van der Waals surface area contributed by atoms with Gasteiger partial charge in [-0.05, 0) is 26.3 Å². The number of hydrogen-bond acceptors (Lipinski definition) is 1. The topological polar surface area (TPSA) is 0 Å². The summed E-state index contributed by atoms with van der Waals surface area (Å²) in [7, 11) is 1.32. The largest absolute Gasteiger partial charge is 0.205 e. The van der Waals surface area contributed by atoms with Gasteiger partial charge in [-0.1, -0.05) is 29.1 Å².